The molecular formula is C22H38N4O2S. The van der Waals surface area contributed by atoms with E-state index >= 15 is 0 Å². The van der Waals surface area contributed by atoms with E-state index in [0.29, 0.717) is 19.5 Å². The van der Waals surface area contributed by atoms with E-state index < -0.39 is 10.0 Å². The minimum Gasteiger partial charge on any atom is -0.356 e. The molecule has 2 rings (SSSR count). The van der Waals surface area contributed by atoms with Crippen molar-refractivity contribution in [1.82, 2.24) is 14.9 Å². The van der Waals surface area contributed by atoms with Gasteiger partial charge < -0.3 is 10.6 Å². The van der Waals surface area contributed by atoms with Crippen molar-refractivity contribution in [3.63, 3.8) is 0 Å². The van der Waals surface area contributed by atoms with E-state index in [1.807, 2.05) is 6.92 Å². The first-order valence-electron chi connectivity index (χ1n) is 10.9. The minimum atomic E-state index is -3.10. The topological polar surface area (TPSA) is 73.8 Å². The first kappa shape index (κ1) is 23.7. The van der Waals surface area contributed by atoms with Gasteiger partial charge in [-0.3, -0.25) is 4.99 Å². The molecule has 7 heteroatoms. The van der Waals surface area contributed by atoms with Crippen LogP contribution in [0.5, 0.6) is 0 Å². The van der Waals surface area contributed by atoms with Crippen LogP contribution in [0.4, 0.5) is 0 Å². The molecule has 1 aliphatic heterocycles. The fourth-order valence-corrected chi connectivity index (χ4v) is 5.65. The molecule has 1 heterocycles. The Balaban J connectivity index is 1.93. The van der Waals surface area contributed by atoms with Crippen LogP contribution in [0.2, 0.25) is 0 Å². The first-order valence-corrected chi connectivity index (χ1v) is 12.5. The molecule has 1 fully saturated rings. The maximum atomic E-state index is 12.3. The summed E-state index contributed by atoms with van der Waals surface area (Å²) >= 11 is 0. The summed E-state index contributed by atoms with van der Waals surface area (Å²) in [4.78, 5) is 4.41. The predicted octanol–water partition coefficient (Wildman–Crippen LogP) is 3.11. The van der Waals surface area contributed by atoms with Crippen LogP contribution in [0.25, 0.3) is 0 Å². The van der Waals surface area contributed by atoms with Crippen LogP contribution in [0.1, 0.15) is 58.4 Å². The average molecular weight is 423 g/mol. The number of piperidine rings is 1. The lowest BCUT2D eigenvalue weighted by Gasteiger charge is -2.35. The highest BCUT2D eigenvalue weighted by molar-refractivity contribution is 7.89. The van der Waals surface area contributed by atoms with Crippen molar-refractivity contribution in [2.45, 2.75) is 64.3 Å². The number of sulfonamides is 1. The van der Waals surface area contributed by atoms with Crippen LogP contribution in [-0.4, -0.2) is 57.2 Å². The predicted molar refractivity (Wildman–Crippen MR) is 122 cm³/mol. The second kappa shape index (κ2) is 11.0. The molecule has 1 aromatic carbocycles. The van der Waals surface area contributed by atoms with E-state index in [4.69, 9.17) is 0 Å². The molecule has 6 nitrogen and oxygen atoms in total. The second-order valence-electron chi connectivity index (χ2n) is 7.91. The van der Waals surface area contributed by atoms with E-state index in [9.17, 15) is 8.42 Å². The lowest BCUT2D eigenvalue weighted by atomic mass is 9.76. The highest BCUT2D eigenvalue weighted by Crippen LogP contribution is 2.30. The van der Waals surface area contributed by atoms with Gasteiger partial charge in [-0.2, -0.15) is 0 Å². The molecule has 0 atom stereocenters. The van der Waals surface area contributed by atoms with Crippen molar-refractivity contribution in [3.05, 3.63) is 35.9 Å². The van der Waals surface area contributed by atoms with Crippen LogP contribution < -0.4 is 10.6 Å². The van der Waals surface area contributed by atoms with E-state index in [1.54, 1.807) is 11.4 Å². The number of hydrogen-bond donors (Lipinski definition) is 2. The lowest BCUT2D eigenvalue weighted by molar-refractivity contribution is 0.305. The average Bonchev–Trinajstić information content (AvgIpc) is 2.75. The molecule has 0 aromatic heterocycles. The molecule has 0 unspecified atom stereocenters. The van der Waals surface area contributed by atoms with Gasteiger partial charge in [-0.05, 0) is 37.7 Å². The minimum absolute atomic E-state index is 0.0659. The Morgan fingerprint density at radius 3 is 2.28 bits per heavy atom. The van der Waals surface area contributed by atoms with Gasteiger partial charge in [0.15, 0.2) is 5.96 Å². The molecule has 164 valence electrons. The molecule has 0 amide bonds. The summed E-state index contributed by atoms with van der Waals surface area (Å²) in [6.07, 6.45) is 4.36. The Morgan fingerprint density at radius 1 is 1.14 bits per heavy atom. The Morgan fingerprint density at radius 2 is 1.76 bits per heavy atom. The zero-order chi connectivity index (χ0) is 21.3. The van der Waals surface area contributed by atoms with E-state index in [0.717, 1.165) is 38.2 Å². The number of hydrogen-bond acceptors (Lipinski definition) is 3. The number of nitrogens with one attached hydrogen (secondary N) is 2. The Hall–Kier alpha value is -1.60. The third-order valence-corrected chi connectivity index (χ3v) is 8.28. The Labute approximate surface area is 177 Å². The van der Waals surface area contributed by atoms with Crippen molar-refractivity contribution >= 4 is 16.0 Å². The summed E-state index contributed by atoms with van der Waals surface area (Å²) in [5, 5.41) is 7.03. The van der Waals surface area contributed by atoms with Crippen molar-refractivity contribution in [2.75, 3.05) is 32.4 Å². The molecule has 0 aliphatic carbocycles. The van der Waals surface area contributed by atoms with Gasteiger partial charge in [-0.15, -0.1) is 0 Å². The van der Waals surface area contributed by atoms with Crippen molar-refractivity contribution in [3.8, 4) is 0 Å². The van der Waals surface area contributed by atoms with Gasteiger partial charge in [0.05, 0.1) is 5.75 Å². The third-order valence-electron chi connectivity index (χ3n) is 6.21. The molecule has 0 saturated carbocycles. The number of benzene rings is 1. The summed E-state index contributed by atoms with van der Waals surface area (Å²) in [6, 6.07) is 10.9. The number of guanidine groups is 1. The van der Waals surface area contributed by atoms with Crippen LogP contribution in [-0.2, 0) is 15.4 Å². The van der Waals surface area contributed by atoms with E-state index in [1.165, 1.54) is 5.56 Å². The summed E-state index contributed by atoms with van der Waals surface area (Å²) in [5.41, 5.74) is 1.42. The monoisotopic (exact) mass is 422 g/mol. The summed E-state index contributed by atoms with van der Waals surface area (Å²) < 4.78 is 26.1. The van der Waals surface area contributed by atoms with E-state index in [-0.39, 0.29) is 17.2 Å². The van der Waals surface area contributed by atoms with Crippen molar-refractivity contribution in [2.24, 2.45) is 4.99 Å². The molecule has 1 aromatic rings. The molecule has 0 spiro atoms. The van der Waals surface area contributed by atoms with E-state index in [2.05, 4.69) is 59.8 Å². The summed E-state index contributed by atoms with van der Waals surface area (Å²) in [5.74, 6) is 1.03. The van der Waals surface area contributed by atoms with Gasteiger partial charge in [-0.1, -0.05) is 51.1 Å². The maximum absolute atomic E-state index is 12.3. The number of rotatable bonds is 9. The lowest BCUT2D eigenvalue weighted by Crippen LogP contribution is -2.52. The van der Waals surface area contributed by atoms with Crippen LogP contribution in [0, 0.1) is 0 Å². The number of aliphatic imine (C=N–C) groups is 1. The van der Waals surface area contributed by atoms with Gasteiger partial charge in [0, 0.05) is 38.1 Å². The fraction of sp³-hybridized carbons (Fsp3) is 0.682. The molecule has 29 heavy (non-hydrogen) atoms. The SMILES string of the molecule is CCCS(=O)(=O)N1CCC(NC(=NC)NCC(CC)(CC)c2ccccc2)CC1. The second-order valence-corrected chi connectivity index (χ2v) is 10.0. The molecule has 1 aliphatic rings. The van der Waals surface area contributed by atoms with Gasteiger partial charge in [0.1, 0.15) is 0 Å². The number of nitrogens with zero attached hydrogens (tertiary/aromatic N) is 2. The fourth-order valence-electron chi connectivity index (χ4n) is 4.11. The highest BCUT2D eigenvalue weighted by atomic mass is 32.2. The molecule has 2 N–H and O–H groups in total. The van der Waals surface area contributed by atoms with Gasteiger partial charge in [0.2, 0.25) is 10.0 Å². The molecular weight excluding hydrogens is 384 g/mol. The van der Waals surface area contributed by atoms with Crippen LogP contribution >= 0.6 is 0 Å². The Bertz CT molecular complexity index is 737. The maximum Gasteiger partial charge on any atom is 0.214 e. The first-order chi connectivity index (χ1) is 13.9. The smallest absolute Gasteiger partial charge is 0.214 e. The van der Waals surface area contributed by atoms with Crippen molar-refractivity contribution in [1.29, 1.82) is 0 Å². The standard InChI is InChI=1S/C22H38N4O2S/c1-5-17-29(27,28)26-15-13-20(14-16-26)25-21(23-4)24-18-22(6-2,7-3)19-11-9-8-10-12-19/h8-12,20H,5-7,13-18H2,1-4H3,(H2,23,24,25). The van der Waals surface area contributed by atoms with Gasteiger partial charge >= 0.3 is 0 Å². The normalized spacial score (nSPS) is 17.3. The summed E-state index contributed by atoms with van der Waals surface area (Å²) in [6.45, 7) is 8.35. The van der Waals surface area contributed by atoms with Crippen LogP contribution in [0.3, 0.4) is 0 Å². The van der Waals surface area contributed by atoms with Crippen molar-refractivity contribution < 1.29 is 8.42 Å². The molecule has 0 radical (unpaired) electrons. The van der Waals surface area contributed by atoms with Gasteiger partial charge in [-0.25, -0.2) is 12.7 Å². The zero-order valence-corrected chi connectivity index (χ0v) is 19.3. The largest absolute Gasteiger partial charge is 0.356 e. The quantitative estimate of drug-likeness (QED) is 0.474. The zero-order valence-electron chi connectivity index (χ0n) is 18.4. The Kier molecular flexibility index (Phi) is 8.96. The molecule has 0 bridgehead atoms. The van der Waals surface area contributed by atoms with Crippen LogP contribution in [0.15, 0.2) is 35.3 Å². The highest BCUT2D eigenvalue weighted by Gasteiger charge is 2.30. The molecule has 1 saturated heterocycles. The summed E-state index contributed by atoms with van der Waals surface area (Å²) in [7, 11) is -1.31. The van der Waals surface area contributed by atoms with Gasteiger partial charge in [0.25, 0.3) is 0 Å². The third kappa shape index (κ3) is 6.19.